The van der Waals surface area contributed by atoms with Gasteiger partial charge in [-0.25, -0.2) is 14.2 Å². The number of hydrogen-bond donors (Lipinski definition) is 1. The molecule has 0 aliphatic heterocycles. The van der Waals surface area contributed by atoms with Gasteiger partial charge in [-0.15, -0.1) is 0 Å². The number of benzene rings is 2. The van der Waals surface area contributed by atoms with E-state index in [2.05, 4.69) is 4.98 Å². The van der Waals surface area contributed by atoms with Crippen molar-refractivity contribution in [3.8, 4) is 5.69 Å². The molecule has 0 bridgehead atoms. The summed E-state index contributed by atoms with van der Waals surface area (Å²) < 4.78 is 15.6. The predicted molar refractivity (Wildman–Crippen MR) is 73.0 cm³/mol. The topological polar surface area (TPSA) is 55.1 Å². The summed E-state index contributed by atoms with van der Waals surface area (Å²) in [5.41, 5.74) is 1.48. The number of aromatic nitrogens is 2. The lowest BCUT2D eigenvalue weighted by Crippen LogP contribution is -1.98. The molecule has 0 aliphatic carbocycles. The monoisotopic (exact) mass is 290 g/mol. The average Bonchev–Trinajstić information content (AvgIpc) is 2.84. The van der Waals surface area contributed by atoms with Crippen molar-refractivity contribution in [1.29, 1.82) is 0 Å². The first-order chi connectivity index (χ1) is 9.58. The smallest absolute Gasteiger partial charge is 0.335 e. The number of rotatable bonds is 2. The molecule has 0 saturated heterocycles. The summed E-state index contributed by atoms with van der Waals surface area (Å²) in [4.78, 5) is 15.0. The van der Waals surface area contributed by atoms with Crippen LogP contribution in [0.25, 0.3) is 16.7 Å². The molecule has 0 spiro atoms. The van der Waals surface area contributed by atoms with Gasteiger partial charge < -0.3 is 5.11 Å². The minimum atomic E-state index is -1.03. The van der Waals surface area contributed by atoms with Crippen molar-refractivity contribution in [1.82, 2.24) is 9.55 Å². The zero-order chi connectivity index (χ0) is 14.3. The summed E-state index contributed by atoms with van der Waals surface area (Å²) >= 11 is 5.76. The van der Waals surface area contributed by atoms with E-state index in [0.29, 0.717) is 11.0 Å². The van der Waals surface area contributed by atoms with Gasteiger partial charge >= 0.3 is 5.97 Å². The summed E-state index contributed by atoms with van der Waals surface area (Å²) in [5.74, 6) is -1.58. The highest BCUT2D eigenvalue weighted by atomic mass is 35.5. The van der Waals surface area contributed by atoms with Crippen LogP contribution in [0.4, 0.5) is 4.39 Å². The van der Waals surface area contributed by atoms with Crippen molar-refractivity contribution in [3.63, 3.8) is 0 Å². The fourth-order valence-electron chi connectivity index (χ4n) is 2.02. The van der Waals surface area contributed by atoms with E-state index in [4.69, 9.17) is 16.7 Å². The third kappa shape index (κ3) is 1.92. The van der Waals surface area contributed by atoms with E-state index in [9.17, 15) is 9.18 Å². The molecule has 4 nitrogen and oxygen atoms in total. The SMILES string of the molecule is O=C(O)c1ccc2c(c1)ncn2-c1cccc(Cl)c1F. The van der Waals surface area contributed by atoms with Crippen molar-refractivity contribution in [2.75, 3.05) is 0 Å². The Bertz CT molecular complexity index is 829. The van der Waals surface area contributed by atoms with Crippen molar-refractivity contribution in [3.05, 3.63) is 59.1 Å². The highest BCUT2D eigenvalue weighted by Crippen LogP contribution is 2.25. The molecule has 0 unspecified atom stereocenters. The van der Waals surface area contributed by atoms with E-state index in [-0.39, 0.29) is 16.3 Å². The first-order valence-corrected chi connectivity index (χ1v) is 6.10. The third-order valence-electron chi connectivity index (χ3n) is 2.98. The second kappa shape index (κ2) is 4.61. The highest BCUT2D eigenvalue weighted by Gasteiger charge is 2.13. The highest BCUT2D eigenvalue weighted by molar-refractivity contribution is 6.30. The zero-order valence-corrected chi connectivity index (χ0v) is 10.8. The molecule has 1 heterocycles. The lowest BCUT2D eigenvalue weighted by molar-refractivity contribution is 0.0697. The number of imidazole rings is 1. The number of hydrogen-bond acceptors (Lipinski definition) is 2. The molecule has 2 aromatic carbocycles. The van der Waals surface area contributed by atoms with Gasteiger partial charge in [-0.05, 0) is 30.3 Å². The number of carbonyl (C=O) groups is 1. The molecular weight excluding hydrogens is 283 g/mol. The first kappa shape index (κ1) is 12.6. The van der Waals surface area contributed by atoms with Gasteiger partial charge in [0.2, 0.25) is 0 Å². The molecule has 0 radical (unpaired) electrons. The van der Waals surface area contributed by atoms with Gasteiger partial charge in [0, 0.05) is 0 Å². The summed E-state index contributed by atoms with van der Waals surface area (Å²) in [6, 6.07) is 9.15. The minimum Gasteiger partial charge on any atom is -0.478 e. The molecule has 0 saturated carbocycles. The van der Waals surface area contributed by atoms with Gasteiger partial charge in [-0.3, -0.25) is 4.57 Å². The maximum Gasteiger partial charge on any atom is 0.335 e. The molecule has 0 fully saturated rings. The third-order valence-corrected chi connectivity index (χ3v) is 3.28. The molecule has 20 heavy (non-hydrogen) atoms. The molecular formula is C14H8ClFN2O2. The molecule has 1 aromatic heterocycles. The van der Waals surface area contributed by atoms with E-state index in [1.54, 1.807) is 18.2 Å². The number of halogens is 2. The van der Waals surface area contributed by atoms with Crippen LogP contribution < -0.4 is 0 Å². The van der Waals surface area contributed by atoms with Crippen LogP contribution >= 0.6 is 11.6 Å². The van der Waals surface area contributed by atoms with Gasteiger partial charge in [-0.2, -0.15) is 0 Å². The molecule has 1 N–H and O–H groups in total. The fourth-order valence-corrected chi connectivity index (χ4v) is 2.19. The Labute approximate surface area is 118 Å². The van der Waals surface area contributed by atoms with Crippen molar-refractivity contribution < 1.29 is 14.3 Å². The number of carboxylic acid groups (broad SMARTS) is 1. The Hall–Kier alpha value is -2.40. The normalized spacial score (nSPS) is 10.9. The summed E-state index contributed by atoms with van der Waals surface area (Å²) in [6.07, 6.45) is 1.44. The number of aromatic carboxylic acids is 1. The van der Waals surface area contributed by atoms with E-state index in [1.807, 2.05) is 0 Å². The van der Waals surface area contributed by atoms with Gasteiger partial charge in [0.1, 0.15) is 6.33 Å². The Balaban J connectivity index is 2.23. The number of nitrogens with zero attached hydrogens (tertiary/aromatic N) is 2. The maximum atomic E-state index is 14.0. The van der Waals surface area contributed by atoms with Crippen LogP contribution in [0.2, 0.25) is 5.02 Å². The average molecular weight is 291 g/mol. The van der Waals surface area contributed by atoms with Crippen LogP contribution in [-0.4, -0.2) is 20.6 Å². The lowest BCUT2D eigenvalue weighted by Gasteiger charge is -2.06. The van der Waals surface area contributed by atoms with Crippen molar-refractivity contribution in [2.24, 2.45) is 0 Å². The molecule has 0 aliphatic rings. The molecule has 3 aromatic rings. The minimum absolute atomic E-state index is 0.0199. The summed E-state index contributed by atoms with van der Waals surface area (Å²) in [6.45, 7) is 0. The van der Waals surface area contributed by atoms with Gasteiger partial charge in [0.05, 0.1) is 27.3 Å². The van der Waals surface area contributed by atoms with E-state index in [1.165, 1.54) is 29.1 Å². The van der Waals surface area contributed by atoms with Crippen LogP contribution in [0.3, 0.4) is 0 Å². The Morgan fingerprint density at radius 3 is 2.85 bits per heavy atom. The first-order valence-electron chi connectivity index (χ1n) is 5.72. The molecule has 100 valence electrons. The lowest BCUT2D eigenvalue weighted by atomic mass is 10.2. The maximum absolute atomic E-state index is 14.0. The molecule has 0 atom stereocenters. The van der Waals surface area contributed by atoms with Gasteiger partial charge in [0.15, 0.2) is 5.82 Å². The predicted octanol–water partition coefficient (Wildman–Crippen LogP) is 3.52. The zero-order valence-electron chi connectivity index (χ0n) is 10.0. The van der Waals surface area contributed by atoms with Crippen LogP contribution in [-0.2, 0) is 0 Å². The van der Waals surface area contributed by atoms with Gasteiger partial charge in [0.25, 0.3) is 0 Å². The largest absolute Gasteiger partial charge is 0.478 e. The Morgan fingerprint density at radius 2 is 2.10 bits per heavy atom. The van der Waals surface area contributed by atoms with Crippen molar-refractivity contribution >= 4 is 28.6 Å². The molecule has 0 amide bonds. The second-order valence-electron chi connectivity index (χ2n) is 4.20. The van der Waals surface area contributed by atoms with Crippen LogP contribution in [0.1, 0.15) is 10.4 Å². The van der Waals surface area contributed by atoms with Crippen molar-refractivity contribution in [2.45, 2.75) is 0 Å². The van der Waals surface area contributed by atoms with Crippen LogP contribution in [0, 0.1) is 5.82 Å². The van der Waals surface area contributed by atoms with E-state index in [0.717, 1.165) is 0 Å². The molecule has 3 rings (SSSR count). The number of fused-ring (bicyclic) bond motifs is 1. The summed E-state index contributed by atoms with van der Waals surface area (Å²) in [7, 11) is 0. The van der Waals surface area contributed by atoms with E-state index < -0.39 is 11.8 Å². The summed E-state index contributed by atoms with van der Waals surface area (Å²) in [5, 5.41) is 8.96. The Kier molecular flexibility index (Phi) is 2.91. The fraction of sp³-hybridized carbons (Fsp3) is 0. The van der Waals surface area contributed by atoms with Gasteiger partial charge in [-0.1, -0.05) is 17.7 Å². The Morgan fingerprint density at radius 1 is 1.30 bits per heavy atom. The molecule has 6 heteroatoms. The quantitative estimate of drug-likeness (QED) is 0.785. The van der Waals surface area contributed by atoms with E-state index >= 15 is 0 Å². The van der Waals surface area contributed by atoms with Crippen LogP contribution in [0.5, 0.6) is 0 Å². The number of carboxylic acids is 1. The van der Waals surface area contributed by atoms with Crippen LogP contribution in [0.15, 0.2) is 42.7 Å². The second-order valence-corrected chi connectivity index (χ2v) is 4.60. The standard InChI is InChI=1S/C14H8ClFN2O2/c15-9-2-1-3-12(13(9)16)18-7-17-10-6-8(14(19)20)4-5-11(10)18/h1-7H,(H,19,20).